The zero-order valence-electron chi connectivity index (χ0n) is 7.72. The third kappa shape index (κ3) is 3.21. The Labute approximate surface area is 91.0 Å². The summed E-state index contributed by atoms with van der Waals surface area (Å²) in [6, 6.07) is 5.94. The molecule has 0 fully saturated rings. The van der Waals surface area contributed by atoms with Crippen LogP contribution in [0.25, 0.3) is 0 Å². The number of hydrogen-bond donors (Lipinski definition) is 1. The van der Waals surface area contributed by atoms with Gasteiger partial charge in [-0.25, -0.2) is 0 Å². The second-order valence-corrected chi connectivity index (χ2v) is 3.53. The number of rotatable bonds is 4. The van der Waals surface area contributed by atoms with Gasteiger partial charge in [-0.2, -0.15) is 0 Å². The van der Waals surface area contributed by atoms with Crippen LogP contribution in [0.4, 0.5) is 5.69 Å². The summed E-state index contributed by atoms with van der Waals surface area (Å²) in [6.45, 7) is 0. The van der Waals surface area contributed by atoms with Crippen LogP contribution in [0.15, 0.2) is 24.3 Å². The van der Waals surface area contributed by atoms with Crippen molar-refractivity contribution in [2.75, 3.05) is 0 Å². The molecule has 0 saturated carbocycles. The van der Waals surface area contributed by atoms with Gasteiger partial charge >= 0.3 is 0 Å². The molecule has 5 nitrogen and oxygen atoms in total. The number of carbonyl (C=O) groups is 1. The number of nitro benzene ring substituents is 1. The van der Waals surface area contributed by atoms with Gasteiger partial charge < -0.3 is 5.73 Å². The molecule has 0 aliphatic heterocycles. The minimum absolute atomic E-state index is 0.0270. The summed E-state index contributed by atoms with van der Waals surface area (Å²) >= 11 is 5.64. The van der Waals surface area contributed by atoms with E-state index in [4.69, 9.17) is 17.3 Å². The number of alkyl halides is 1. The second kappa shape index (κ2) is 4.75. The van der Waals surface area contributed by atoms with E-state index in [-0.39, 0.29) is 12.1 Å². The topological polar surface area (TPSA) is 86.2 Å². The van der Waals surface area contributed by atoms with Crippen molar-refractivity contribution in [1.82, 2.24) is 0 Å². The number of nitro groups is 1. The fourth-order valence-electron chi connectivity index (χ4n) is 1.10. The number of halogens is 1. The van der Waals surface area contributed by atoms with Crippen molar-refractivity contribution in [2.24, 2.45) is 5.73 Å². The normalized spacial score (nSPS) is 12.1. The Kier molecular flexibility index (Phi) is 3.62. The van der Waals surface area contributed by atoms with Crippen LogP contribution >= 0.6 is 11.6 Å². The van der Waals surface area contributed by atoms with E-state index in [0.717, 1.165) is 0 Å². The summed E-state index contributed by atoms with van der Waals surface area (Å²) in [5.74, 6) is -0.636. The third-order valence-corrected chi connectivity index (χ3v) is 2.21. The lowest BCUT2D eigenvalue weighted by Gasteiger charge is -2.04. The standard InChI is InChI=1S/C9H9ClN2O3/c10-8(9(11)13)5-6-2-1-3-7(4-6)12(14)15/h1-4,8H,5H2,(H2,11,13). The van der Waals surface area contributed by atoms with Gasteiger partial charge in [0.05, 0.1) is 4.92 Å². The lowest BCUT2D eigenvalue weighted by atomic mass is 10.1. The molecule has 1 unspecified atom stereocenters. The maximum Gasteiger partial charge on any atom is 0.269 e. The van der Waals surface area contributed by atoms with Gasteiger partial charge in [-0.15, -0.1) is 11.6 Å². The first-order chi connectivity index (χ1) is 7.00. The highest BCUT2D eigenvalue weighted by molar-refractivity contribution is 6.30. The Hall–Kier alpha value is -1.62. The Morgan fingerprint density at radius 1 is 1.60 bits per heavy atom. The van der Waals surface area contributed by atoms with E-state index in [2.05, 4.69) is 0 Å². The zero-order chi connectivity index (χ0) is 11.4. The largest absolute Gasteiger partial charge is 0.368 e. The highest BCUT2D eigenvalue weighted by Gasteiger charge is 2.13. The average Bonchev–Trinajstić information content (AvgIpc) is 2.18. The Balaban J connectivity index is 2.82. The summed E-state index contributed by atoms with van der Waals surface area (Å²) in [5.41, 5.74) is 5.56. The Bertz CT molecular complexity index is 395. The Morgan fingerprint density at radius 2 is 2.27 bits per heavy atom. The van der Waals surface area contributed by atoms with Crippen molar-refractivity contribution in [3.8, 4) is 0 Å². The first-order valence-electron chi connectivity index (χ1n) is 4.17. The van der Waals surface area contributed by atoms with Gasteiger partial charge in [0, 0.05) is 12.1 Å². The predicted molar refractivity (Wildman–Crippen MR) is 55.6 cm³/mol. The van der Waals surface area contributed by atoms with Crippen molar-refractivity contribution in [3.63, 3.8) is 0 Å². The maximum atomic E-state index is 10.7. The molecule has 1 aromatic rings. The van der Waals surface area contributed by atoms with Crippen LogP contribution in [0.3, 0.4) is 0 Å². The van der Waals surface area contributed by atoms with E-state index >= 15 is 0 Å². The molecule has 2 N–H and O–H groups in total. The van der Waals surface area contributed by atoms with E-state index < -0.39 is 16.2 Å². The van der Waals surface area contributed by atoms with Crippen molar-refractivity contribution < 1.29 is 9.72 Å². The quantitative estimate of drug-likeness (QED) is 0.478. The predicted octanol–water partition coefficient (Wildman–Crippen LogP) is 1.23. The number of nitrogens with zero attached hydrogens (tertiary/aromatic N) is 1. The van der Waals surface area contributed by atoms with Crippen LogP contribution in [0.2, 0.25) is 0 Å². The van der Waals surface area contributed by atoms with Crippen LogP contribution in [0.1, 0.15) is 5.56 Å². The summed E-state index contributed by atoms with van der Waals surface area (Å²) in [7, 11) is 0. The molecule has 0 radical (unpaired) electrons. The minimum Gasteiger partial charge on any atom is -0.368 e. The summed E-state index contributed by atoms with van der Waals surface area (Å²) in [4.78, 5) is 20.6. The zero-order valence-corrected chi connectivity index (χ0v) is 8.48. The number of carbonyl (C=O) groups excluding carboxylic acids is 1. The number of amides is 1. The molecule has 6 heteroatoms. The monoisotopic (exact) mass is 228 g/mol. The average molecular weight is 229 g/mol. The molecular weight excluding hydrogens is 220 g/mol. The van der Waals surface area contributed by atoms with Crippen molar-refractivity contribution in [2.45, 2.75) is 11.8 Å². The molecule has 0 aromatic heterocycles. The molecule has 0 bridgehead atoms. The second-order valence-electron chi connectivity index (χ2n) is 3.00. The van der Waals surface area contributed by atoms with Gasteiger partial charge in [0.1, 0.15) is 5.38 Å². The van der Waals surface area contributed by atoms with Crippen LogP contribution in [-0.2, 0) is 11.2 Å². The van der Waals surface area contributed by atoms with Crippen molar-refractivity contribution in [3.05, 3.63) is 39.9 Å². The molecule has 1 rings (SSSR count). The van der Waals surface area contributed by atoms with Gasteiger partial charge in [-0.05, 0) is 12.0 Å². The van der Waals surface area contributed by atoms with E-state index in [1.54, 1.807) is 6.07 Å². The van der Waals surface area contributed by atoms with E-state index in [9.17, 15) is 14.9 Å². The van der Waals surface area contributed by atoms with Gasteiger partial charge in [-0.3, -0.25) is 14.9 Å². The van der Waals surface area contributed by atoms with Crippen LogP contribution in [0, 0.1) is 10.1 Å². The molecule has 80 valence electrons. The van der Waals surface area contributed by atoms with E-state index in [0.29, 0.717) is 5.56 Å². The minimum atomic E-state index is -0.841. The molecule has 1 aromatic carbocycles. The fraction of sp³-hybridized carbons (Fsp3) is 0.222. The van der Waals surface area contributed by atoms with Gasteiger partial charge in [0.15, 0.2) is 0 Å². The lowest BCUT2D eigenvalue weighted by molar-refractivity contribution is -0.384. The molecule has 0 aliphatic rings. The SMILES string of the molecule is NC(=O)C(Cl)Cc1cccc([N+](=O)[O-])c1. The molecule has 1 atom stereocenters. The van der Waals surface area contributed by atoms with Crippen molar-refractivity contribution >= 4 is 23.2 Å². The highest BCUT2D eigenvalue weighted by Crippen LogP contribution is 2.15. The van der Waals surface area contributed by atoms with Crippen molar-refractivity contribution in [1.29, 1.82) is 0 Å². The van der Waals surface area contributed by atoms with Gasteiger partial charge in [0.25, 0.3) is 5.69 Å². The molecule has 15 heavy (non-hydrogen) atoms. The van der Waals surface area contributed by atoms with Gasteiger partial charge in [-0.1, -0.05) is 12.1 Å². The molecule has 0 spiro atoms. The van der Waals surface area contributed by atoms with Crippen LogP contribution in [-0.4, -0.2) is 16.2 Å². The molecule has 0 heterocycles. The molecule has 1 amide bonds. The molecular formula is C9H9ClN2O3. The van der Waals surface area contributed by atoms with Gasteiger partial charge in [0.2, 0.25) is 5.91 Å². The highest BCUT2D eigenvalue weighted by atomic mass is 35.5. The lowest BCUT2D eigenvalue weighted by Crippen LogP contribution is -2.25. The number of benzene rings is 1. The smallest absolute Gasteiger partial charge is 0.269 e. The molecule has 0 saturated heterocycles. The number of hydrogen-bond acceptors (Lipinski definition) is 3. The molecule has 0 aliphatic carbocycles. The summed E-state index contributed by atoms with van der Waals surface area (Å²) in [5, 5.41) is 9.61. The number of nitrogens with two attached hydrogens (primary N) is 1. The summed E-state index contributed by atoms with van der Waals surface area (Å²) < 4.78 is 0. The van der Waals surface area contributed by atoms with Crippen LogP contribution in [0.5, 0.6) is 0 Å². The van der Waals surface area contributed by atoms with E-state index in [1.165, 1.54) is 18.2 Å². The first kappa shape index (κ1) is 11.5. The van der Waals surface area contributed by atoms with Crippen LogP contribution < -0.4 is 5.73 Å². The van der Waals surface area contributed by atoms with E-state index in [1.807, 2.05) is 0 Å². The third-order valence-electron chi connectivity index (χ3n) is 1.85. The Morgan fingerprint density at radius 3 is 2.80 bits per heavy atom. The number of primary amides is 1. The maximum absolute atomic E-state index is 10.7. The summed E-state index contributed by atoms with van der Waals surface area (Å²) in [6.07, 6.45) is 0.193. The number of non-ortho nitro benzene ring substituents is 1. The first-order valence-corrected chi connectivity index (χ1v) is 4.61. The fourth-order valence-corrected chi connectivity index (χ4v) is 1.28.